The minimum absolute atomic E-state index is 0.196. The molecule has 1 saturated heterocycles. The summed E-state index contributed by atoms with van der Waals surface area (Å²) in [6, 6.07) is 0. The van der Waals surface area contributed by atoms with E-state index in [4.69, 9.17) is 0 Å². The lowest BCUT2D eigenvalue weighted by Gasteiger charge is -2.29. The molecule has 1 aliphatic rings. The first-order valence-electron chi connectivity index (χ1n) is 8.27. The summed E-state index contributed by atoms with van der Waals surface area (Å²) in [5, 5.41) is 6.53. The van der Waals surface area contributed by atoms with E-state index in [0.717, 1.165) is 26.1 Å². The largest absolute Gasteiger partial charge is 0.356 e. The number of amides is 1. The van der Waals surface area contributed by atoms with Gasteiger partial charge in [-0.15, -0.1) is 0 Å². The van der Waals surface area contributed by atoms with Crippen molar-refractivity contribution >= 4 is 5.91 Å². The van der Waals surface area contributed by atoms with E-state index in [2.05, 4.69) is 45.3 Å². The van der Waals surface area contributed by atoms with Gasteiger partial charge in [-0.05, 0) is 55.5 Å². The summed E-state index contributed by atoms with van der Waals surface area (Å²) in [6.07, 6.45) is 4.26. The van der Waals surface area contributed by atoms with E-state index in [0.29, 0.717) is 24.2 Å². The Morgan fingerprint density at radius 3 is 2.40 bits per heavy atom. The molecule has 3 nitrogen and oxygen atoms in total. The maximum atomic E-state index is 12.1. The van der Waals surface area contributed by atoms with Crippen molar-refractivity contribution in [2.45, 2.75) is 60.3 Å². The van der Waals surface area contributed by atoms with E-state index >= 15 is 0 Å². The fourth-order valence-electron chi connectivity index (χ4n) is 3.46. The molecule has 0 aromatic rings. The number of carbonyl (C=O) groups excluding carboxylic acids is 1. The molecule has 1 atom stereocenters. The number of carbonyl (C=O) groups is 1. The van der Waals surface area contributed by atoms with Crippen LogP contribution in [0, 0.1) is 23.2 Å². The van der Waals surface area contributed by atoms with Crippen LogP contribution in [0.2, 0.25) is 0 Å². The minimum atomic E-state index is 0.196. The minimum Gasteiger partial charge on any atom is -0.356 e. The highest BCUT2D eigenvalue weighted by Gasteiger charge is 2.24. The Morgan fingerprint density at radius 2 is 1.85 bits per heavy atom. The van der Waals surface area contributed by atoms with Crippen molar-refractivity contribution in [1.82, 2.24) is 10.6 Å². The molecule has 1 aliphatic heterocycles. The van der Waals surface area contributed by atoms with Crippen molar-refractivity contribution in [2.24, 2.45) is 23.2 Å². The Hall–Kier alpha value is -0.570. The molecular formula is C17H34N2O. The lowest BCUT2D eigenvalue weighted by molar-refractivity contribution is -0.122. The van der Waals surface area contributed by atoms with E-state index < -0.39 is 0 Å². The van der Waals surface area contributed by atoms with Crippen molar-refractivity contribution in [3.63, 3.8) is 0 Å². The van der Waals surface area contributed by atoms with Crippen LogP contribution in [0.3, 0.4) is 0 Å². The molecule has 0 radical (unpaired) electrons. The van der Waals surface area contributed by atoms with Crippen LogP contribution in [0.15, 0.2) is 0 Å². The molecule has 1 heterocycles. The zero-order chi connectivity index (χ0) is 15.2. The lowest BCUT2D eigenvalue weighted by atomic mass is 9.83. The Kier molecular flexibility index (Phi) is 7.01. The zero-order valence-corrected chi connectivity index (χ0v) is 14.1. The molecule has 1 amide bonds. The second kappa shape index (κ2) is 8.02. The third kappa shape index (κ3) is 6.74. The molecule has 1 fully saturated rings. The molecule has 0 aromatic carbocycles. The standard InChI is InChI=1S/C17H34N2O/c1-13(2)11-17(4,5)12-19-16(20)10-14(3)15-6-8-18-9-7-15/h13-15,18H,6-12H2,1-5H3,(H,19,20). The smallest absolute Gasteiger partial charge is 0.220 e. The highest BCUT2D eigenvalue weighted by atomic mass is 16.1. The van der Waals surface area contributed by atoms with E-state index in [9.17, 15) is 4.79 Å². The summed E-state index contributed by atoms with van der Waals surface area (Å²) in [7, 11) is 0. The monoisotopic (exact) mass is 282 g/mol. The number of nitrogens with one attached hydrogen (secondary N) is 2. The summed E-state index contributed by atoms with van der Waals surface area (Å²) in [6.45, 7) is 14.2. The molecule has 0 saturated carbocycles. The van der Waals surface area contributed by atoms with Gasteiger partial charge in [0.1, 0.15) is 0 Å². The first-order valence-corrected chi connectivity index (χ1v) is 8.27. The molecule has 0 spiro atoms. The van der Waals surface area contributed by atoms with Crippen molar-refractivity contribution in [3.8, 4) is 0 Å². The van der Waals surface area contributed by atoms with Crippen molar-refractivity contribution in [1.29, 1.82) is 0 Å². The highest BCUT2D eigenvalue weighted by Crippen LogP contribution is 2.26. The van der Waals surface area contributed by atoms with Crippen LogP contribution >= 0.6 is 0 Å². The van der Waals surface area contributed by atoms with Gasteiger partial charge in [0.2, 0.25) is 5.91 Å². The predicted molar refractivity (Wildman–Crippen MR) is 85.6 cm³/mol. The predicted octanol–water partition coefficient (Wildman–Crippen LogP) is 3.20. The number of hydrogen-bond acceptors (Lipinski definition) is 2. The Morgan fingerprint density at radius 1 is 1.25 bits per heavy atom. The van der Waals surface area contributed by atoms with E-state index in [1.165, 1.54) is 12.8 Å². The fourth-order valence-corrected chi connectivity index (χ4v) is 3.46. The van der Waals surface area contributed by atoms with Gasteiger partial charge >= 0.3 is 0 Å². The van der Waals surface area contributed by atoms with Gasteiger partial charge in [0.15, 0.2) is 0 Å². The molecule has 0 aliphatic carbocycles. The van der Waals surface area contributed by atoms with Gasteiger partial charge in [0.25, 0.3) is 0 Å². The second-order valence-corrected chi connectivity index (χ2v) is 7.81. The molecule has 3 heteroatoms. The van der Waals surface area contributed by atoms with E-state index in [1.807, 2.05) is 0 Å². The number of rotatable bonds is 7. The van der Waals surface area contributed by atoms with Gasteiger partial charge in [0.05, 0.1) is 0 Å². The second-order valence-electron chi connectivity index (χ2n) is 7.81. The van der Waals surface area contributed by atoms with Crippen LogP contribution in [0.5, 0.6) is 0 Å². The first-order chi connectivity index (χ1) is 9.30. The molecule has 2 N–H and O–H groups in total. The molecule has 20 heavy (non-hydrogen) atoms. The van der Waals surface area contributed by atoms with Crippen LogP contribution in [0.4, 0.5) is 0 Å². The summed E-state index contributed by atoms with van der Waals surface area (Å²) >= 11 is 0. The summed E-state index contributed by atoms with van der Waals surface area (Å²) < 4.78 is 0. The number of hydrogen-bond donors (Lipinski definition) is 2. The van der Waals surface area contributed by atoms with Crippen LogP contribution in [-0.2, 0) is 4.79 Å². The van der Waals surface area contributed by atoms with Crippen molar-refractivity contribution in [3.05, 3.63) is 0 Å². The highest BCUT2D eigenvalue weighted by molar-refractivity contribution is 5.76. The third-order valence-electron chi connectivity index (χ3n) is 4.42. The van der Waals surface area contributed by atoms with Gasteiger partial charge < -0.3 is 10.6 Å². The Bertz CT molecular complexity index is 293. The summed E-state index contributed by atoms with van der Waals surface area (Å²) in [5.41, 5.74) is 0.196. The van der Waals surface area contributed by atoms with Crippen LogP contribution < -0.4 is 10.6 Å². The molecule has 0 aromatic heterocycles. The molecule has 118 valence electrons. The average molecular weight is 282 g/mol. The zero-order valence-electron chi connectivity index (χ0n) is 14.1. The van der Waals surface area contributed by atoms with Gasteiger partial charge in [-0.3, -0.25) is 4.79 Å². The Balaban J connectivity index is 2.28. The van der Waals surface area contributed by atoms with Crippen molar-refractivity contribution in [2.75, 3.05) is 19.6 Å². The van der Waals surface area contributed by atoms with Gasteiger partial charge in [0, 0.05) is 13.0 Å². The van der Waals surface area contributed by atoms with Gasteiger partial charge in [-0.2, -0.15) is 0 Å². The van der Waals surface area contributed by atoms with Crippen LogP contribution in [-0.4, -0.2) is 25.5 Å². The quantitative estimate of drug-likeness (QED) is 0.753. The third-order valence-corrected chi connectivity index (χ3v) is 4.42. The molecule has 0 bridgehead atoms. The maximum absolute atomic E-state index is 12.1. The molecule has 1 rings (SSSR count). The van der Waals surface area contributed by atoms with Gasteiger partial charge in [-0.1, -0.05) is 34.6 Å². The van der Waals surface area contributed by atoms with Crippen LogP contribution in [0.25, 0.3) is 0 Å². The van der Waals surface area contributed by atoms with Crippen LogP contribution in [0.1, 0.15) is 60.3 Å². The molecular weight excluding hydrogens is 248 g/mol. The van der Waals surface area contributed by atoms with E-state index in [-0.39, 0.29) is 11.3 Å². The SMILES string of the molecule is CC(C)CC(C)(C)CNC(=O)CC(C)C1CCNCC1. The normalized spacial score (nSPS) is 19.1. The average Bonchev–Trinajstić information content (AvgIpc) is 2.36. The maximum Gasteiger partial charge on any atom is 0.220 e. The number of piperidine rings is 1. The summed E-state index contributed by atoms with van der Waals surface area (Å²) in [4.78, 5) is 12.1. The molecule has 1 unspecified atom stereocenters. The topological polar surface area (TPSA) is 41.1 Å². The lowest BCUT2D eigenvalue weighted by Crippen LogP contribution is -2.37. The van der Waals surface area contributed by atoms with Crippen molar-refractivity contribution < 1.29 is 4.79 Å². The summed E-state index contributed by atoms with van der Waals surface area (Å²) in [5.74, 6) is 2.12. The Labute approximate surface area is 125 Å². The first kappa shape index (κ1) is 17.5. The van der Waals surface area contributed by atoms with E-state index in [1.54, 1.807) is 0 Å². The fraction of sp³-hybridized carbons (Fsp3) is 0.941. The van der Waals surface area contributed by atoms with Gasteiger partial charge in [-0.25, -0.2) is 0 Å².